The Morgan fingerprint density at radius 2 is 1.66 bits per heavy atom. The van der Waals surface area contributed by atoms with Crippen LogP contribution in [0.1, 0.15) is 15.9 Å². The molecule has 2 aromatic carbocycles. The number of carbonyl (C=O) groups excluding carboxylic acids is 2. The summed E-state index contributed by atoms with van der Waals surface area (Å²) in [6.07, 6.45) is 3.08. The van der Waals surface area contributed by atoms with Crippen molar-refractivity contribution < 1.29 is 18.0 Å². The van der Waals surface area contributed by atoms with E-state index < -0.39 is 15.9 Å². The molecule has 8 nitrogen and oxygen atoms in total. The summed E-state index contributed by atoms with van der Waals surface area (Å²) in [7, 11) is -3.45. The molecule has 2 heterocycles. The third kappa shape index (κ3) is 6.32. The third-order valence-electron chi connectivity index (χ3n) is 6.02. The van der Waals surface area contributed by atoms with Gasteiger partial charge in [0.1, 0.15) is 6.04 Å². The van der Waals surface area contributed by atoms with Gasteiger partial charge in [-0.25, -0.2) is 8.42 Å². The second-order valence-corrected chi connectivity index (χ2v) is 10.5. The van der Waals surface area contributed by atoms with Crippen molar-refractivity contribution in [2.75, 3.05) is 31.9 Å². The Hall–Kier alpha value is -3.56. The SMILES string of the molecule is O=C(NCc1ccccc1)C1CN(CCS(=O)(=O)c2ccccc2)CCN1C(=O)c1cccnc1. The van der Waals surface area contributed by atoms with Gasteiger partial charge in [-0.05, 0) is 29.8 Å². The summed E-state index contributed by atoms with van der Waals surface area (Å²) in [4.78, 5) is 34.2. The average Bonchev–Trinajstić information content (AvgIpc) is 2.91. The molecule has 0 saturated carbocycles. The van der Waals surface area contributed by atoms with Gasteiger partial charge in [0.05, 0.1) is 16.2 Å². The van der Waals surface area contributed by atoms with Crippen LogP contribution in [0.2, 0.25) is 0 Å². The molecule has 1 aliphatic rings. The smallest absolute Gasteiger partial charge is 0.256 e. The molecular formula is C26H28N4O4S. The van der Waals surface area contributed by atoms with Gasteiger partial charge in [-0.1, -0.05) is 48.5 Å². The monoisotopic (exact) mass is 492 g/mol. The summed E-state index contributed by atoms with van der Waals surface area (Å²) >= 11 is 0. The van der Waals surface area contributed by atoms with Crippen molar-refractivity contribution in [3.05, 3.63) is 96.3 Å². The van der Waals surface area contributed by atoms with Crippen LogP contribution in [0.5, 0.6) is 0 Å². The molecule has 1 unspecified atom stereocenters. The average molecular weight is 493 g/mol. The fourth-order valence-electron chi connectivity index (χ4n) is 4.06. The quantitative estimate of drug-likeness (QED) is 0.516. The van der Waals surface area contributed by atoms with Crippen molar-refractivity contribution >= 4 is 21.7 Å². The maximum atomic E-state index is 13.2. The molecular weight excluding hydrogens is 464 g/mol. The first kappa shape index (κ1) is 24.6. The minimum Gasteiger partial charge on any atom is -0.350 e. The summed E-state index contributed by atoms with van der Waals surface area (Å²) in [5, 5.41) is 2.93. The summed E-state index contributed by atoms with van der Waals surface area (Å²) in [5.74, 6) is -0.609. The molecule has 9 heteroatoms. The summed E-state index contributed by atoms with van der Waals surface area (Å²) in [5.41, 5.74) is 1.36. The Bertz CT molecular complexity index is 1240. The number of nitrogens with one attached hydrogen (secondary N) is 1. The zero-order valence-electron chi connectivity index (χ0n) is 19.3. The molecule has 3 aromatic rings. The van der Waals surface area contributed by atoms with Crippen LogP contribution in [-0.4, -0.2) is 73.0 Å². The Kier molecular flexibility index (Phi) is 7.89. The second-order valence-electron chi connectivity index (χ2n) is 8.39. The van der Waals surface area contributed by atoms with E-state index in [9.17, 15) is 18.0 Å². The largest absolute Gasteiger partial charge is 0.350 e. The molecule has 2 amide bonds. The molecule has 1 N–H and O–H groups in total. The second kappa shape index (κ2) is 11.2. The van der Waals surface area contributed by atoms with E-state index in [-0.39, 0.29) is 35.6 Å². The molecule has 1 saturated heterocycles. The number of amides is 2. The first-order valence-electron chi connectivity index (χ1n) is 11.5. The maximum absolute atomic E-state index is 13.2. The number of nitrogens with zero attached hydrogens (tertiary/aromatic N) is 3. The Morgan fingerprint density at radius 1 is 0.943 bits per heavy atom. The van der Waals surface area contributed by atoms with Crippen LogP contribution in [0.3, 0.4) is 0 Å². The molecule has 0 aliphatic carbocycles. The molecule has 1 aliphatic heterocycles. The van der Waals surface area contributed by atoms with E-state index in [1.807, 2.05) is 35.2 Å². The van der Waals surface area contributed by atoms with Crippen molar-refractivity contribution in [3.8, 4) is 0 Å². The summed E-state index contributed by atoms with van der Waals surface area (Å²) in [6.45, 7) is 1.64. The van der Waals surface area contributed by atoms with Crippen molar-refractivity contribution in [1.29, 1.82) is 0 Å². The maximum Gasteiger partial charge on any atom is 0.256 e. The lowest BCUT2D eigenvalue weighted by atomic mass is 10.1. The van der Waals surface area contributed by atoms with Crippen LogP contribution in [0.15, 0.2) is 90.1 Å². The minimum atomic E-state index is -3.45. The number of pyridine rings is 1. The number of hydrogen-bond acceptors (Lipinski definition) is 6. The van der Waals surface area contributed by atoms with Crippen molar-refractivity contribution in [2.45, 2.75) is 17.5 Å². The van der Waals surface area contributed by atoms with Gasteiger partial charge in [0.25, 0.3) is 5.91 Å². The number of sulfone groups is 1. The number of hydrogen-bond donors (Lipinski definition) is 1. The lowest BCUT2D eigenvalue weighted by molar-refractivity contribution is -0.127. The zero-order chi connectivity index (χ0) is 24.7. The molecule has 0 radical (unpaired) electrons. The van der Waals surface area contributed by atoms with Gasteiger partial charge < -0.3 is 10.2 Å². The number of rotatable bonds is 8. The fraction of sp³-hybridized carbons (Fsp3) is 0.269. The van der Waals surface area contributed by atoms with Crippen LogP contribution < -0.4 is 5.32 Å². The van der Waals surface area contributed by atoms with Crippen LogP contribution in [0.25, 0.3) is 0 Å². The lowest BCUT2D eigenvalue weighted by Gasteiger charge is -2.40. The Labute approximate surface area is 205 Å². The van der Waals surface area contributed by atoms with Crippen molar-refractivity contribution in [2.24, 2.45) is 0 Å². The molecule has 0 spiro atoms. The molecule has 35 heavy (non-hydrogen) atoms. The van der Waals surface area contributed by atoms with Gasteiger partial charge in [-0.3, -0.25) is 19.5 Å². The highest BCUT2D eigenvalue weighted by Gasteiger charge is 2.36. The highest BCUT2D eigenvalue weighted by atomic mass is 32.2. The first-order chi connectivity index (χ1) is 16.9. The van der Waals surface area contributed by atoms with Crippen LogP contribution in [-0.2, 0) is 21.2 Å². The number of aromatic nitrogens is 1. The van der Waals surface area contributed by atoms with Crippen molar-refractivity contribution in [1.82, 2.24) is 20.1 Å². The van der Waals surface area contributed by atoms with E-state index in [2.05, 4.69) is 10.3 Å². The van der Waals surface area contributed by atoms with E-state index in [4.69, 9.17) is 0 Å². The summed E-state index contributed by atoms with van der Waals surface area (Å²) < 4.78 is 25.5. The normalized spacial score (nSPS) is 16.6. The topological polar surface area (TPSA) is 99.7 Å². The van der Waals surface area contributed by atoms with E-state index in [0.29, 0.717) is 25.2 Å². The van der Waals surface area contributed by atoms with E-state index in [1.54, 1.807) is 53.6 Å². The van der Waals surface area contributed by atoms with Crippen LogP contribution in [0.4, 0.5) is 0 Å². The van der Waals surface area contributed by atoms with Gasteiger partial charge >= 0.3 is 0 Å². The van der Waals surface area contributed by atoms with E-state index in [1.165, 1.54) is 6.20 Å². The van der Waals surface area contributed by atoms with Gasteiger partial charge in [0.15, 0.2) is 9.84 Å². The molecule has 4 rings (SSSR count). The van der Waals surface area contributed by atoms with E-state index >= 15 is 0 Å². The molecule has 0 bridgehead atoms. The van der Waals surface area contributed by atoms with Crippen LogP contribution >= 0.6 is 0 Å². The Morgan fingerprint density at radius 3 is 2.34 bits per heavy atom. The summed E-state index contributed by atoms with van der Waals surface area (Å²) in [6, 6.07) is 20.5. The fourth-order valence-corrected chi connectivity index (χ4v) is 5.37. The molecule has 1 fully saturated rings. The first-order valence-corrected chi connectivity index (χ1v) is 13.1. The van der Waals surface area contributed by atoms with E-state index in [0.717, 1.165) is 5.56 Å². The zero-order valence-corrected chi connectivity index (χ0v) is 20.1. The lowest BCUT2D eigenvalue weighted by Crippen LogP contribution is -2.61. The molecule has 182 valence electrons. The third-order valence-corrected chi connectivity index (χ3v) is 7.74. The molecule has 1 atom stereocenters. The van der Waals surface area contributed by atoms with Gasteiger partial charge in [0, 0.05) is 45.1 Å². The van der Waals surface area contributed by atoms with Crippen LogP contribution in [0, 0.1) is 0 Å². The highest BCUT2D eigenvalue weighted by molar-refractivity contribution is 7.91. The molecule has 1 aromatic heterocycles. The Balaban J connectivity index is 1.46. The number of piperazine rings is 1. The van der Waals surface area contributed by atoms with Crippen molar-refractivity contribution in [3.63, 3.8) is 0 Å². The highest BCUT2D eigenvalue weighted by Crippen LogP contribution is 2.16. The standard InChI is InChI=1S/C26H28N4O4S/c31-25(28-18-21-8-3-1-4-9-21)24-20-29(16-17-35(33,34)23-11-5-2-6-12-23)14-15-30(24)26(32)22-10-7-13-27-19-22/h1-13,19,24H,14-18,20H2,(H,28,31). The van der Waals surface area contributed by atoms with Gasteiger partial charge in [-0.15, -0.1) is 0 Å². The number of carbonyl (C=O) groups is 2. The van der Waals surface area contributed by atoms with Gasteiger partial charge in [0.2, 0.25) is 5.91 Å². The predicted octanol–water partition coefficient (Wildman–Crippen LogP) is 2.00. The van der Waals surface area contributed by atoms with Gasteiger partial charge in [-0.2, -0.15) is 0 Å². The minimum absolute atomic E-state index is 0.0636. The predicted molar refractivity (Wildman–Crippen MR) is 132 cm³/mol. The number of benzene rings is 2.